The molecule has 1 nitrogen and oxygen atoms in total. The van der Waals surface area contributed by atoms with Crippen molar-refractivity contribution in [3.8, 4) is 0 Å². The Kier molecular flexibility index (Phi) is 6.08. The van der Waals surface area contributed by atoms with Gasteiger partial charge in [-0.2, -0.15) is 11.3 Å². The molecular formula is C16H20BrNS. The molecule has 0 radical (unpaired) electrons. The van der Waals surface area contributed by atoms with E-state index in [0.717, 1.165) is 30.4 Å². The first-order valence-corrected chi connectivity index (χ1v) is 8.47. The molecule has 0 aliphatic heterocycles. The molecular weight excluding hydrogens is 318 g/mol. The molecule has 0 amide bonds. The van der Waals surface area contributed by atoms with Gasteiger partial charge in [0.1, 0.15) is 0 Å². The Hall–Kier alpha value is -0.640. The zero-order chi connectivity index (χ0) is 13.5. The SMILES string of the molecule is CCNCC(Cc1ccc(Br)cc1)Cc1ccsc1. The van der Waals surface area contributed by atoms with Gasteiger partial charge in [-0.1, -0.05) is 35.0 Å². The third-order valence-electron chi connectivity index (χ3n) is 3.23. The topological polar surface area (TPSA) is 12.0 Å². The fraction of sp³-hybridized carbons (Fsp3) is 0.375. The number of hydrogen-bond donors (Lipinski definition) is 1. The van der Waals surface area contributed by atoms with Crippen LogP contribution in [0, 0.1) is 5.92 Å². The first kappa shape index (κ1) is 14.8. The Balaban J connectivity index is 1.98. The van der Waals surface area contributed by atoms with Gasteiger partial charge in [0.15, 0.2) is 0 Å². The third-order valence-corrected chi connectivity index (χ3v) is 4.49. The Labute approximate surface area is 128 Å². The molecule has 0 aliphatic rings. The second-order valence-electron chi connectivity index (χ2n) is 4.84. The minimum Gasteiger partial charge on any atom is -0.317 e. The molecule has 1 aromatic carbocycles. The molecule has 19 heavy (non-hydrogen) atoms. The van der Waals surface area contributed by atoms with Crippen LogP contribution in [0.2, 0.25) is 0 Å². The van der Waals surface area contributed by atoms with E-state index in [2.05, 4.69) is 69.3 Å². The van der Waals surface area contributed by atoms with Crippen LogP contribution in [0.5, 0.6) is 0 Å². The van der Waals surface area contributed by atoms with Gasteiger partial charge in [0.2, 0.25) is 0 Å². The number of halogens is 1. The van der Waals surface area contributed by atoms with Crippen molar-refractivity contribution in [2.75, 3.05) is 13.1 Å². The van der Waals surface area contributed by atoms with Crippen LogP contribution in [0.1, 0.15) is 18.1 Å². The van der Waals surface area contributed by atoms with Gasteiger partial charge in [-0.15, -0.1) is 0 Å². The molecule has 0 saturated carbocycles. The van der Waals surface area contributed by atoms with Crippen molar-refractivity contribution < 1.29 is 0 Å². The van der Waals surface area contributed by atoms with E-state index in [-0.39, 0.29) is 0 Å². The Morgan fingerprint density at radius 1 is 1.11 bits per heavy atom. The summed E-state index contributed by atoms with van der Waals surface area (Å²) in [4.78, 5) is 0. The lowest BCUT2D eigenvalue weighted by Crippen LogP contribution is -2.25. The molecule has 2 aromatic rings. The molecule has 1 heterocycles. The fourth-order valence-electron chi connectivity index (χ4n) is 2.26. The quantitative estimate of drug-likeness (QED) is 0.783. The maximum Gasteiger partial charge on any atom is 0.0175 e. The lowest BCUT2D eigenvalue weighted by Gasteiger charge is -2.17. The van der Waals surface area contributed by atoms with E-state index < -0.39 is 0 Å². The largest absolute Gasteiger partial charge is 0.317 e. The minimum atomic E-state index is 0.663. The van der Waals surface area contributed by atoms with Gasteiger partial charge < -0.3 is 5.32 Å². The zero-order valence-corrected chi connectivity index (χ0v) is 13.6. The molecule has 102 valence electrons. The van der Waals surface area contributed by atoms with Crippen LogP contribution in [-0.4, -0.2) is 13.1 Å². The number of thiophene rings is 1. The summed E-state index contributed by atoms with van der Waals surface area (Å²) in [5.41, 5.74) is 2.88. The Morgan fingerprint density at radius 3 is 2.47 bits per heavy atom. The van der Waals surface area contributed by atoms with Crippen molar-refractivity contribution >= 4 is 27.3 Å². The molecule has 0 aliphatic carbocycles. The number of hydrogen-bond acceptors (Lipinski definition) is 2. The normalized spacial score (nSPS) is 12.5. The van der Waals surface area contributed by atoms with Crippen LogP contribution in [-0.2, 0) is 12.8 Å². The van der Waals surface area contributed by atoms with Gasteiger partial charge in [-0.3, -0.25) is 0 Å². The van der Waals surface area contributed by atoms with Crippen LogP contribution < -0.4 is 5.32 Å². The monoisotopic (exact) mass is 337 g/mol. The lowest BCUT2D eigenvalue weighted by atomic mass is 9.93. The summed E-state index contributed by atoms with van der Waals surface area (Å²) in [6.45, 7) is 4.30. The highest BCUT2D eigenvalue weighted by Gasteiger charge is 2.11. The molecule has 0 saturated heterocycles. The predicted molar refractivity (Wildman–Crippen MR) is 87.9 cm³/mol. The van der Waals surface area contributed by atoms with E-state index in [1.54, 1.807) is 11.3 Å². The van der Waals surface area contributed by atoms with E-state index in [4.69, 9.17) is 0 Å². The van der Waals surface area contributed by atoms with Gasteiger partial charge in [-0.05, 0) is 71.9 Å². The van der Waals surface area contributed by atoms with Crippen molar-refractivity contribution in [2.45, 2.75) is 19.8 Å². The van der Waals surface area contributed by atoms with Crippen LogP contribution in [0.15, 0.2) is 45.6 Å². The number of rotatable bonds is 7. The average molecular weight is 338 g/mol. The van der Waals surface area contributed by atoms with E-state index in [0.29, 0.717) is 5.92 Å². The summed E-state index contributed by atoms with van der Waals surface area (Å²) in [6.07, 6.45) is 2.29. The van der Waals surface area contributed by atoms with Crippen LogP contribution in [0.3, 0.4) is 0 Å². The van der Waals surface area contributed by atoms with Gasteiger partial charge in [0.05, 0.1) is 0 Å². The molecule has 1 unspecified atom stereocenters. The molecule has 1 atom stereocenters. The minimum absolute atomic E-state index is 0.663. The highest BCUT2D eigenvalue weighted by Crippen LogP contribution is 2.18. The molecule has 2 rings (SSSR count). The third kappa shape index (κ3) is 5.09. The molecule has 3 heteroatoms. The Bertz CT molecular complexity index is 464. The summed E-state index contributed by atoms with van der Waals surface area (Å²) in [5.74, 6) is 0.663. The fourth-order valence-corrected chi connectivity index (χ4v) is 3.21. The van der Waals surface area contributed by atoms with Crippen molar-refractivity contribution in [2.24, 2.45) is 5.92 Å². The van der Waals surface area contributed by atoms with Gasteiger partial charge in [-0.25, -0.2) is 0 Å². The van der Waals surface area contributed by atoms with E-state index in [1.807, 2.05) is 0 Å². The molecule has 0 spiro atoms. The van der Waals surface area contributed by atoms with E-state index >= 15 is 0 Å². The predicted octanol–water partition coefficient (Wildman–Crippen LogP) is 4.52. The first-order valence-electron chi connectivity index (χ1n) is 6.74. The maximum atomic E-state index is 3.49. The Morgan fingerprint density at radius 2 is 1.84 bits per heavy atom. The second kappa shape index (κ2) is 7.83. The van der Waals surface area contributed by atoms with Crippen LogP contribution >= 0.6 is 27.3 Å². The van der Waals surface area contributed by atoms with Crippen molar-refractivity contribution in [3.05, 3.63) is 56.7 Å². The van der Waals surface area contributed by atoms with Gasteiger partial charge >= 0.3 is 0 Å². The zero-order valence-electron chi connectivity index (χ0n) is 11.2. The van der Waals surface area contributed by atoms with Crippen LogP contribution in [0.4, 0.5) is 0 Å². The molecule has 1 N–H and O–H groups in total. The number of nitrogens with one attached hydrogen (secondary N) is 1. The summed E-state index contributed by atoms with van der Waals surface area (Å²) >= 11 is 5.28. The molecule has 1 aromatic heterocycles. The van der Waals surface area contributed by atoms with Crippen LogP contribution in [0.25, 0.3) is 0 Å². The summed E-state index contributed by atoms with van der Waals surface area (Å²) in [6, 6.07) is 10.9. The van der Waals surface area contributed by atoms with Crippen molar-refractivity contribution in [1.82, 2.24) is 5.32 Å². The van der Waals surface area contributed by atoms with Crippen molar-refractivity contribution in [3.63, 3.8) is 0 Å². The van der Waals surface area contributed by atoms with Gasteiger partial charge in [0.25, 0.3) is 0 Å². The lowest BCUT2D eigenvalue weighted by molar-refractivity contribution is 0.479. The smallest absolute Gasteiger partial charge is 0.0175 e. The second-order valence-corrected chi connectivity index (χ2v) is 6.54. The maximum absolute atomic E-state index is 3.49. The summed E-state index contributed by atoms with van der Waals surface area (Å²) in [5, 5.41) is 7.92. The highest BCUT2D eigenvalue weighted by atomic mass is 79.9. The average Bonchev–Trinajstić information content (AvgIpc) is 2.91. The van der Waals surface area contributed by atoms with E-state index in [1.165, 1.54) is 11.1 Å². The molecule has 0 bridgehead atoms. The molecule has 0 fully saturated rings. The highest BCUT2D eigenvalue weighted by molar-refractivity contribution is 9.10. The standard InChI is InChI=1S/C16H20BrNS/c1-2-18-11-15(10-14-7-8-19-12-14)9-13-3-5-16(17)6-4-13/h3-8,12,15,18H,2,9-11H2,1H3. The first-order chi connectivity index (χ1) is 9.28. The summed E-state index contributed by atoms with van der Waals surface area (Å²) < 4.78 is 1.15. The van der Waals surface area contributed by atoms with Crippen molar-refractivity contribution in [1.29, 1.82) is 0 Å². The van der Waals surface area contributed by atoms with Gasteiger partial charge in [0, 0.05) is 4.47 Å². The summed E-state index contributed by atoms with van der Waals surface area (Å²) in [7, 11) is 0. The number of benzene rings is 1. The van der Waals surface area contributed by atoms with E-state index in [9.17, 15) is 0 Å².